The average Bonchev–Trinajstić information content (AvgIpc) is 3.40. The number of nitrogens with one attached hydrogen (secondary N) is 2. The van der Waals surface area contributed by atoms with Crippen molar-refractivity contribution in [2.75, 3.05) is 0 Å². The predicted octanol–water partition coefficient (Wildman–Crippen LogP) is 3.34. The summed E-state index contributed by atoms with van der Waals surface area (Å²) >= 11 is 0. The Labute approximate surface area is 149 Å². The molecule has 0 spiro atoms. The lowest BCUT2D eigenvalue weighted by Gasteiger charge is -2.29. The maximum absolute atomic E-state index is 8.98. The summed E-state index contributed by atoms with van der Waals surface area (Å²) in [5, 5.41) is 17.1. The molecule has 1 saturated carbocycles. The first-order chi connectivity index (χ1) is 12.8. The molecule has 26 heavy (non-hydrogen) atoms. The summed E-state index contributed by atoms with van der Waals surface area (Å²) < 4.78 is 2.29. The first kappa shape index (κ1) is 15.1. The largest absolute Gasteiger partial charge is 0.346 e. The van der Waals surface area contributed by atoms with Gasteiger partial charge in [-0.2, -0.15) is 10.4 Å². The van der Waals surface area contributed by atoms with Crippen molar-refractivity contribution in [2.24, 2.45) is 5.92 Å². The molecule has 1 aliphatic rings. The molecule has 8 heteroatoms. The van der Waals surface area contributed by atoms with Crippen molar-refractivity contribution in [1.82, 2.24) is 34.7 Å². The topological polar surface area (TPSA) is 112 Å². The smallest absolute Gasteiger partial charge is 0.216 e. The Morgan fingerprint density at radius 2 is 2.12 bits per heavy atom. The predicted molar refractivity (Wildman–Crippen MR) is 96.0 cm³/mol. The summed E-state index contributed by atoms with van der Waals surface area (Å²) in [5.41, 5.74) is 2.80. The van der Waals surface area contributed by atoms with E-state index in [2.05, 4.69) is 35.8 Å². The molecule has 1 fully saturated rings. The number of H-pyrrole nitrogens is 2. The minimum atomic E-state index is 0.323. The van der Waals surface area contributed by atoms with Crippen LogP contribution < -0.4 is 0 Å². The van der Waals surface area contributed by atoms with Crippen molar-refractivity contribution >= 4 is 22.1 Å². The highest BCUT2D eigenvalue weighted by atomic mass is 15.2. The van der Waals surface area contributed by atoms with Crippen LogP contribution in [0, 0.1) is 17.2 Å². The SMILES string of the molecule is N#CCC1CCC(n2c(-c3nc[nH]n3)nc3cnc4[nH]ccc4c32)CC1. The van der Waals surface area contributed by atoms with Gasteiger partial charge < -0.3 is 9.55 Å². The molecule has 0 bridgehead atoms. The van der Waals surface area contributed by atoms with Crippen LogP contribution >= 0.6 is 0 Å². The maximum atomic E-state index is 8.98. The summed E-state index contributed by atoms with van der Waals surface area (Å²) in [5.74, 6) is 1.89. The molecule has 0 amide bonds. The molecule has 0 unspecified atom stereocenters. The normalized spacial score (nSPS) is 20.6. The van der Waals surface area contributed by atoms with E-state index in [0.717, 1.165) is 53.6 Å². The van der Waals surface area contributed by atoms with E-state index in [1.54, 1.807) is 6.33 Å². The van der Waals surface area contributed by atoms with Crippen LogP contribution in [0.3, 0.4) is 0 Å². The van der Waals surface area contributed by atoms with Gasteiger partial charge in [-0.1, -0.05) is 0 Å². The standard InChI is InChI=1S/C18H18N8/c19-7-5-11-1-3-12(4-2-11)26-15-13-6-8-20-16(13)21-9-14(15)24-18(26)17-22-10-23-25-17/h6,8-12H,1-5H2,(H,20,21)(H,22,23,25). The number of aromatic amines is 2. The lowest BCUT2D eigenvalue weighted by atomic mass is 9.84. The number of nitriles is 1. The van der Waals surface area contributed by atoms with E-state index in [1.807, 2.05) is 18.5 Å². The van der Waals surface area contributed by atoms with E-state index < -0.39 is 0 Å². The minimum absolute atomic E-state index is 0.323. The van der Waals surface area contributed by atoms with Crippen molar-refractivity contribution in [1.29, 1.82) is 5.26 Å². The Kier molecular flexibility index (Phi) is 3.45. The molecule has 4 aromatic rings. The van der Waals surface area contributed by atoms with Crippen LogP contribution in [0.5, 0.6) is 0 Å². The Balaban J connectivity index is 1.68. The van der Waals surface area contributed by atoms with E-state index >= 15 is 0 Å². The highest BCUT2D eigenvalue weighted by Gasteiger charge is 2.28. The van der Waals surface area contributed by atoms with Crippen molar-refractivity contribution in [3.8, 4) is 17.7 Å². The fourth-order valence-electron chi connectivity index (χ4n) is 4.16. The molecule has 130 valence electrons. The number of hydrogen-bond donors (Lipinski definition) is 2. The molecule has 0 aliphatic heterocycles. The third kappa shape index (κ3) is 2.28. The zero-order valence-corrected chi connectivity index (χ0v) is 14.2. The second-order valence-corrected chi connectivity index (χ2v) is 6.90. The van der Waals surface area contributed by atoms with Crippen LogP contribution in [0.2, 0.25) is 0 Å². The molecular formula is C18H18N8. The number of rotatable bonds is 3. The molecule has 0 radical (unpaired) electrons. The molecule has 2 N–H and O–H groups in total. The maximum Gasteiger partial charge on any atom is 0.216 e. The molecule has 0 saturated heterocycles. The first-order valence-electron chi connectivity index (χ1n) is 8.92. The van der Waals surface area contributed by atoms with Gasteiger partial charge in [0.1, 0.15) is 17.5 Å². The van der Waals surface area contributed by atoms with Gasteiger partial charge in [0, 0.05) is 24.0 Å². The first-order valence-corrected chi connectivity index (χ1v) is 8.92. The van der Waals surface area contributed by atoms with Crippen molar-refractivity contribution < 1.29 is 0 Å². The van der Waals surface area contributed by atoms with Gasteiger partial charge in [0.2, 0.25) is 5.82 Å². The highest BCUT2D eigenvalue weighted by molar-refractivity contribution is 6.02. The van der Waals surface area contributed by atoms with Crippen LogP contribution in [0.1, 0.15) is 38.1 Å². The summed E-state index contributed by atoms with van der Waals surface area (Å²) in [6, 6.07) is 4.69. The summed E-state index contributed by atoms with van der Waals surface area (Å²) in [6.45, 7) is 0. The number of fused-ring (bicyclic) bond motifs is 3. The van der Waals surface area contributed by atoms with Gasteiger partial charge in [0.15, 0.2) is 5.82 Å². The Morgan fingerprint density at radius 1 is 1.23 bits per heavy atom. The summed E-state index contributed by atoms with van der Waals surface area (Å²) in [7, 11) is 0. The van der Waals surface area contributed by atoms with Crippen molar-refractivity contribution in [3.05, 3.63) is 24.8 Å². The molecule has 5 rings (SSSR count). The van der Waals surface area contributed by atoms with E-state index in [1.165, 1.54) is 0 Å². The molecule has 0 atom stereocenters. The van der Waals surface area contributed by atoms with Crippen molar-refractivity contribution in [3.63, 3.8) is 0 Å². The average molecular weight is 346 g/mol. The van der Waals surface area contributed by atoms with Gasteiger partial charge in [-0.15, -0.1) is 0 Å². The van der Waals surface area contributed by atoms with Gasteiger partial charge in [-0.25, -0.2) is 15.0 Å². The van der Waals surface area contributed by atoms with Crippen molar-refractivity contribution in [2.45, 2.75) is 38.1 Å². The number of hydrogen-bond acceptors (Lipinski definition) is 5. The Morgan fingerprint density at radius 3 is 2.88 bits per heavy atom. The fourth-order valence-corrected chi connectivity index (χ4v) is 4.16. The van der Waals surface area contributed by atoms with E-state index in [4.69, 9.17) is 10.2 Å². The van der Waals surface area contributed by atoms with Crippen LogP contribution in [0.15, 0.2) is 24.8 Å². The number of imidazole rings is 1. The Bertz CT molecular complexity index is 1090. The van der Waals surface area contributed by atoms with Crippen LogP contribution in [0.25, 0.3) is 33.7 Å². The third-order valence-corrected chi connectivity index (χ3v) is 5.41. The molecular weight excluding hydrogens is 328 g/mol. The van der Waals surface area contributed by atoms with Crippen LogP contribution in [0.4, 0.5) is 0 Å². The van der Waals surface area contributed by atoms with Crippen LogP contribution in [-0.4, -0.2) is 34.7 Å². The Hall–Kier alpha value is -3.21. The van der Waals surface area contributed by atoms with Gasteiger partial charge in [0.25, 0.3) is 0 Å². The molecule has 4 heterocycles. The van der Waals surface area contributed by atoms with E-state index in [9.17, 15) is 0 Å². The zero-order valence-electron chi connectivity index (χ0n) is 14.2. The van der Waals surface area contributed by atoms with E-state index in [0.29, 0.717) is 24.2 Å². The zero-order chi connectivity index (χ0) is 17.5. The van der Waals surface area contributed by atoms with Gasteiger partial charge >= 0.3 is 0 Å². The van der Waals surface area contributed by atoms with E-state index in [-0.39, 0.29) is 0 Å². The van der Waals surface area contributed by atoms with Gasteiger partial charge in [0.05, 0.1) is 17.8 Å². The number of nitrogens with zero attached hydrogens (tertiary/aromatic N) is 6. The second-order valence-electron chi connectivity index (χ2n) is 6.90. The molecule has 0 aromatic carbocycles. The lowest BCUT2D eigenvalue weighted by molar-refractivity contribution is 0.283. The molecule has 8 nitrogen and oxygen atoms in total. The third-order valence-electron chi connectivity index (χ3n) is 5.41. The molecule has 1 aliphatic carbocycles. The fraction of sp³-hybridized carbons (Fsp3) is 0.389. The quantitative estimate of drug-likeness (QED) is 0.591. The van der Waals surface area contributed by atoms with Gasteiger partial charge in [-0.3, -0.25) is 5.10 Å². The van der Waals surface area contributed by atoms with Crippen LogP contribution in [-0.2, 0) is 0 Å². The monoisotopic (exact) mass is 346 g/mol. The summed E-state index contributed by atoms with van der Waals surface area (Å²) in [4.78, 5) is 16.8. The minimum Gasteiger partial charge on any atom is -0.346 e. The molecule has 4 aromatic heterocycles. The summed E-state index contributed by atoms with van der Waals surface area (Å²) in [6.07, 6.45) is 10.1. The number of aromatic nitrogens is 7. The second kappa shape index (κ2) is 5.95. The highest BCUT2D eigenvalue weighted by Crippen LogP contribution is 2.39. The lowest BCUT2D eigenvalue weighted by Crippen LogP contribution is -2.19. The van der Waals surface area contributed by atoms with Gasteiger partial charge in [-0.05, 0) is 37.7 Å². The number of pyridine rings is 1.